The minimum Gasteiger partial charge on any atom is -0.459 e. The molecule has 0 N–H and O–H groups in total. The Morgan fingerprint density at radius 1 is 1.18 bits per heavy atom. The first-order valence-corrected chi connectivity index (χ1v) is 6.54. The third kappa shape index (κ3) is 5.03. The van der Waals surface area contributed by atoms with Gasteiger partial charge in [-0.1, -0.05) is 44.9 Å². The Bertz CT molecular complexity index is 319. The minimum atomic E-state index is -0.200. The number of unbranched alkanes of at least 4 members (excludes halogenated alkanes) is 2. The molecule has 0 aliphatic rings. The lowest BCUT2D eigenvalue weighted by molar-refractivity contribution is 0.0267. The summed E-state index contributed by atoms with van der Waals surface area (Å²) in [6.07, 6.45) is 5.47. The molecular formula is C15H22O2. The van der Waals surface area contributed by atoms with Gasteiger partial charge in [-0.25, -0.2) is 4.79 Å². The van der Waals surface area contributed by atoms with Gasteiger partial charge in [0, 0.05) is 0 Å². The maximum atomic E-state index is 11.8. The maximum Gasteiger partial charge on any atom is 0.338 e. The highest BCUT2D eigenvalue weighted by atomic mass is 16.5. The van der Waals surface area contributed by atoms with Gasteiger partial charge < -0.3 is 4.74 Å². The van der Waals surface area contributed by atoms with E-state index >= 15 is 0 Å². The smallest absolute Gasteiger partial charge is 0.338 e. The van der Waals surface area contributed by atoms with Gasteiger partial charge in [-0.05, 0) is 31.4 Å². The van der Waals surface area contributed by atoms with Crippen molar-refractivity contribution in [3.63, 3.8) is 0 Å². The van der Waals surface area contributed by atoms with Crippen LogP contribution in [0, 0.1) is 0 Å². The first kappa shape index (κ1) is 13.8. The van der Waals surface area contributed by atoms with Crippen molar-refractivity contribution in [2.75, 3.05) is 0 Å². The van der Waals surface area contributed by atoms with Crippen molar-refractivity contribution < 1.29 is 9.53 Å². The molecule has 2 nitrogen and oxygen atoms in total. The second-order valence-corrected chi connectivity index (χ2v) is 4.30. The molecule has 0 saturated carbocycles. The topological polar surface area (TPSA) is 26.3 Å². The summed E-state index contributed by atoms with van der Waals surface area (Å²) in [6.45, 7) is 4.24. The average Bonchev–Trinajstić information content (AvgIpc) is 2.38. The standard InChI is InChI=1S/C15H22O2/c1-3-5-7-12-14(4-2)17-15(16)13-10-8-6-9-11-13/h6,8-11,14H,3-5,7,12H2,1-2H3/t14-/m1/s1. The van der Waals surface area contributed by atoms with E-state index < -0.39 is 0 Å². The quantitative estimate of drug-likeness (QED) is 0.522. The normalized spacial score (nSPS) is 12.1. The predicted molar refractivity (Wildman–Crippen MR) is 70.1 cm³/mol. The van der Waals surface area contributed by atoms with Crippen LogP contribution in [0.5, 0.6) is 0 Å². The molecule has 1 atom stereocenters. The summed E-state index contributed by atoms with van der Waals surface area (Å²) < 4.78 is 5.49. The van der Waals surface area contributed by atoms with Crippen LogP contribution in [0.4, 0.5) is 0 Å². The molecule has 17 heavy (non-hydrogen) atoms. The van der Waals surface area contributed by atoms with E-state index in [-0.39, 0.29) is 12.1 Å². The molecule has 0 aromatic heterocycles. The lowest BCUT2D eigenvalue weighted by Gasteiger charge is -2.15. The van der Waals surface area contributed by atoms with E-state index in [2.05, 4.69) is 13.8 Å². The van der Waals surface area contributed by atoms with Crippen molar-refractivity contribution in [3.05, 3.63) is 35.9 Å². The largest absolute Gasteiger partial charge is 0.459 e. The van der Waals surface area contributed by atoms with Crippen LogP contribution in [0.15, 0.2) is 30.3 Å². The summed E-state index contributed by atoms with van der Waals surface area (Å²) in [7, 11) is 0. The summed E-state index contributed by atoms with van der Waals surface area (Å²) in [5, 5.41) is 0. The molecule has 0 amide bonds. The van der Waals surface area contributed by atoms with Gasteiger partial charge >= 0.3 is 5.97 Å². The van der Waals surface area contributed by atoms with Crippen molar-refractivity contribution >= 4 is 5.97 Å². The Morgan fingerprint density at radius 3 is 2.47 bits per heavy atom. The number of carbonyl (C=O) groups excluding carboxylic acids is 1. The highest BCUT2D eigenvalue weighted by molar-refractivity contribution is 5.89. The SMILES string of the molecule is CCCCC[C@@H](CC)OC(=O)c1ccccc1. The number of carbonyl (C=O) groups is 1. The second-order valence-electron chi connectivity index (χ2n) is 4.30. The molecule has 2 heteroatoms. The highest BCUT2D eigenvalue weighted by Gasteiger charge is 2.13. The van der Waals surface area contributed by atoms with Gasteiger partial charge in [-0.2, -0.15) is 0 Å². The number of esters is 1. The first-order chi connectivity index (χ1) is 8.27. The van der Waals surface area contributed by atoms with Gasteiger partial charge in [0.25, 0.3) is 0 Å². The van der Waals surface area contributed by atoms with Gasteiger partial charge in [0.1, 0.15) is 6.10 Å². The van der Waals surface area contributed by atoms with Crippen LogP contribution in [0.1, 0.15) is 56.3 Å². The van der Waals surface area contributed by atoms with Crippen LogP contribution in [0.2, 0.25) is 0 Å². The average molecular weight is 234 g/mol. The summed E-state index contributed by atoms with van der Waals surface area (Å²) >= 11 is 0. The Hall–Kier alpha value is -1.31. The fourth-order valence-corrected chi connectivity index (χ4v) is 1.76. The third-order valence-corrected chi connectivity index (χ3v) is 2.87. The Balaban J connectivity index is 2.42. The van der Waals surface area contributed by atoms with Gasteiger partial charge in [0.2, 0.25) is 0 Å². The van der Waals surface area contributed by atoms with E-state index in [4.69, 9.17) is 4.74 Å². The molecule has 0 heterocycles. The molecule has 0 bridgehead atoms. The van der Waals surface area contributed by atoms with Gasteiger partial charge in [0.15, 0.2) is 0 Å². The molecule has 0 radical (unpaired) electrons. The van der Waals surface area contributed by atoms with Crippen LogP contribution in [0.25, 0.3) is 0 Å². The molecule has 0 fully saturated rings. The fourth-order valence-electron chi connectivity index (χ4n) is 1.76. The van der Waals surface area contributed by atoms with Crippen LogP contribution in [-0.2, 0) is 4.74 Å². The number of ether oxygens (including phenoxy) is 1. The second kappa shape index (κ2) is 7.88. The maximum absolute atomic E-state index is 11.8. The van der Waals surface area contributed by atoms with Crippen molar-refractivity contribution in [3.8, 4) is 0 Å². The molecule has 1 aromatic carbocycles. The minimum absolute atomic E-state index is 0.0641. The molecule has 94 valence electrons. The van der Waals surface area contributed by atoms with Gasteiger partial charge in [-0.3, -0.25) is 0 Å². The van der Waals surface area contributed by atoms with E-state index in [1.165, 1.54) is 12.8 Å². The van der Waals surface area contributed by atoms with E-state index in [0.717, 1.165) is 19.3 Å². The molecule has 1 rings (SSSR count). The van der Waals surface area contributed by atoms with Gasteiger partial charge in [0.05, 0.1) is 5.56 Å². The highest BCUT2D eigenvalue weighted by Crippen LogP contribution is 2.12. The Labute approximate surface area is 104 Å². The zero-order chi connectivity index (χ0) is 12.5. The lowest BCUT2D eigenvalue weighted by Crippen LogP contribution is -2.17. The van der Waals surface area contributed by atoms with Gasteiger partial charge in [-0.15, -0.1) is 0 Å². The molecular weight excluding hydrogens is 212 g/mol. The molecule has 1 aromatic rings. The number of benzene rings is 1. The summed E-state index contributed by atoms with van der Waals surface area (Å²) in [5.74, 6) is -0.200. The molecule has 0 aliphatic heterocycles. The number of hydrogen-bond donors (Lipinski definition) is 0. The monoisotopic (exact) mass is 234 g/mol. The van der Waals surface area contributed by atoms with Crippen molar-refractivity contribution in [2.24, 2.45) is 0 Å². The molecule has 0 saturated heterocycles. The van der Waals surface area contributed by atoms with E-state index in [9.17, 15) is 4.79 Å². The number of rotatable bonds is 7. The van der Waals surface area contributed by atoms with Crippen molar-refractivity contribution in [1.29, 1.82) is 0 Å². The van der Waals surface area contributed by atoms with E-state index in [0.29, 0.717) is 5.56 Å². The Kier molecular flexibility index (Phi) is 6.38. The van der Waals surface area contributed by atoms with Crippen LogP contribution in [0.3, 0.4) is 0 Å². The molecule has 0 unspecified atom stereocenters. The Morgan fingerprint density at radius 2 is 1.88 bits per heavy atom. The fraction of sp³-hybridized carbons (Fsp3) is 0.533. The van der Waals surface area contributed by atoms with Crippen LogP contribution < -0.4 is 0 Å². The number of hydrogen-bond acceptors (Lipinski definition) is 2. The van der Waals surface area contributed by atoms with Crippen molar-refractivity contribution in [1.82, 2.24) is 0 Å². The molecule has 0 spiro atoms. The van der Waals surface area contributed by atoms with E-state index in [1.54, 1.807) is 12.1 Å². The van der Waals surface area contributed by atoms with Crippen molar-refractivity contribution in [2.45, 2.75) is 52.1 Å². The van der Waals surface area contributed by atoms with Crippen LogP contribution in [-0.4, -0.2) is 12.1 Å². The summed E-state index contributed by atoms with van der Waals surface area (Å²) in [6, 6.07) is 9.20. The third-order valence-electron chi connectivity index (χ3n) is 2.87. The zero-order valence-electron chi connectivity index (χ0n) is 10.8. The summed E-state index contributed by atoms with van der Waals surface area (Å²) in [4.78, 5) is 11.8. The van der Waals surface area contributed by atoms with Crippen LogP contribution >= 0.6 is 0 Å². The first-order valence-electron chi connectivity index (χ1n) is 6.54. The lowest BCUT2D eigenvalue weighted by atomic mass is 10.1. The summed E-state index contributed by atoms with van der Waals surface area (Å²) in [5.41, 5.74) is 0.640. The zero-order valence-corrected chi connectivity index (χ0v) is 10.8. The predicted octanol–water partition coefficient (Wildman–Crippen LogP) is 4.20. The molecule has 0 aliphatic carbocycles. The van der Waals surface area contributed by atoms with E-state index in [1.807, 2.05) is 18.2 Å².